The van der Waals surface area contributed by atoms with Gasteiger partial charge in [0.1, 0.15) is 6.54 Å². The van der Waals surface area contributed by atoms with Gasteiger partial charge in [-0.15, -0.1) is 0 Å². The Bertz CT molecular complexity index is 1130. The summed E-state index contributed by atoms with van der Waals surface area (Å²) in [6.45, 7) is 0.834. The molecule has 0 aliphatic heterocycles. The lowest BCUT2D eigenvalue weighted by Gasteiger charge is -2.16. The minimum absolute atomic E-state index is 0.163. The van der Waals surface area contributed by atoms with E-state index in [9.17, 15) is 14.4 Å². The molecule has 0 fully saturated rings. The van der Waals surface area contributed by atoms with E-state index in [0.717, 1.165) is 15.8 Å². The molecule has 7 heteroatoms. The Balaban J connectivity index is 1.71. The molecule has 0 aromatic heterocycles. The molecular weight excluding hydrogens is 396 g/mol. The van der Waals surface area contributed by atoms with Crippen LogP contribution in [0.15, 0.2) is 60.7 Å². The monoisotopic (exact) mass is 421 g/mol. The maximum atomic E-state index is 12.6. The first kappa shape index (κ1) is 22.0. The molecule has 1 unspecified atom stereocenters. The molecule has 0 bridgehead atoms. The first-order valence-corrected chi connectivity index (χ1v) is 9.80. The quantitative estimate of drug-likeness (QED) is 0.571. The smallest absolute Gasteiger partial charge is 0.339 e. The maximum absolute atomic E-state index is 12.6. The molecule has 0 heterocycles. The zero-order valence-corrected chi connectivity index (χ0v) is 17.7. The molecule has 7 nitrogen and oxygen atoms in total. The van der Waals surface area contributed by atoms with E-state index in [1.54, 1.807) is 0 Å². The number of anilines is 1. The molecule has 0 radical (unpaired) electrons. The summed E-state index contributed by atoms with van der Waals surface area (Å²) in [7, 11) is 4.43. The Morgan fingerprint density at radius 2 is 1.58 bits per heavy atom. The van der Waals surface area contributed by atoms with Crippen molar-refractivity contribution in [2.24, 2.45) is 0 Å². The summed E-state index contributed by atoms with van der Waals surface area (Å²) in [5, 5.41) is 5.04. The van der Waals surface area contributed by atoms with Crippen molar-refractivity contribution in [1.29, 1.82) is 0 Å². The number of carbonyl (C=O) groups is 3. The van der Waals surface area contributed by atoms with Crippen LogP contribution in [-0.4, -0.2) is 45.7 Å². The lowest BCUT2D eigenvalue weighted by Crippen LogP contribution is -3.08. The minimum atomic E-state index is -0.608. The zero-order chi connectivity index (χ0) is 22.4. The zero-order valence-electron chi connectivity index (χ0n) is 17.7. The Morgan fingerprint density at radius 1 is 0.871 bits per heavy atom. The third-order valence-corrected chi connectivity index (χ3v) is 4.90. The van der Waals surface area contributed by atoms with Gasteiger partial charge in [0.05, 0.1) is 38.1 Å². The van der Waals surface area contributed by atoms with Gasteiger partial charge in [-0.1, -0.05) is 36.4 Å². The van der Waals surface area contributed by atoms with Crippen LogP contribution in [0, 0.1) is 0 Å². The molecule has 160 valence electrons. The number of benzene rings is 3. The Labute approximate surface area is 180 Å². The summed E-state index contributed by atoms with van der Waals surface area (Å²) in [5.41, 5.74) is 1.71. The number of carbonyl (C=O) groups excluding carboxylic acids is 3. The lowest BCUT2D eigenvalue weighted by atomic mass is 10.1. The fourth-order valence-electron chi connectivity index (χ4n) is 3.41. The maximum Gasteiger partial charge on any atom is 0.339 e. The highest BCUT2D eigenvalue weighted by molar-refractivity contribution is 6.03. The van der Waals surface area contributed by atoms with Gasteiger partial charge in [-0.05, 0) is 35.0 Å². The average molecular weight is 421 g/mol. The molecule has 0 saturated heterocycles. The Hall–Kier alpha value is -3.71. The summed E-state index contributed by atoms with van der Waals surface area (Å²) in [5.74, 6) is -1.46. The normalized spacial score (nSPS) is 11.6. The third kappa shape index (κ3) is 5.46. The molecule has 3 aromatic rings. The van der Waals surface area contributed by atoms with Gasteiger partial charge in [-0.3, -0.25) is 4.79 Å². The van der Waals surface area contributed by atoms with Gasteiger partial charge >= 0.3 is 11.9 Å². The summed E-state index contributed by atoms with van der Waals surface area (Å²) >= 11 is 0. The molecular formula is C24H25N2O5+. The van der Waals surface area contributed by atoms with Gasteiger partial charge in [-0.25, -0.2) is 9.59 Å². The van der Waals surface area contributed by atoms with Crippen molar-refractivity contribution in [3.8, 4) is 0 Å². The van der Waals surface area contributed by atoms with Gasteiger partial charge in [-0.2, -0.15) is 0 Å². The Kier molecular flexibility index (Phi) is 6.99. The number of rotatable bonds is 7. The van der Waals surface area contributed by atoms with Crippen LogP contribution in [0.4, 0.5) is 5.69 Å². The van der Waals surface area contributed by atoms with Crippen molar-refractivity contribution >= 4 is 34.3 Å². The van der Waals surface area contributed by atoms with Crippen LogP contribution in [0.2, 0.25) is 0 Å². The van der Waals surface area contributed by atoms with E-state index in [1.807, 2.05) is 19.2 Å². The van der Waals surface area contributed by atoms with Gasteiger partial charge in [0.2, 0.25) is 0 Å². The standard InChI is InChI=1S/C24H24N2O5/c1-26(14-16-8-9-17-6-4-5-7-18(17)12-16)15-22(27)25-21-13-19(23(28)30-2)10-11-20(21)24(29)31-3/h4-13H,14-15H2,1-3H3,(H,25,27)/p+1. The highest BCUT2D eigenvalue weighted by atomic mass is 16.5. The van der Waals surface area contributed by atoms with Crippen molar-refractivity contribution in [2.75, 3.05) is 33.1 Å². The van der Waals surface area contributed by atoms with Gasteiger partial charge < -0.3 is 19.7 Å². The minimum Gasteiger partial charge on any atom is -0.465 e. The molecule has 0 spiro atoms. The predicted octanol–water partition coefficient (Wildman–Crippen LogP) is 2.07. The highest BCUT2D eigenvalue weighted by Crippen LogP contribution is 2.20. The largest absolute Gasteiger partial charge is 0.465 e. The van der Waals surface area contributed by atoms with E-state index in [2.05, 4.69) is 35.6 Å². The Morgan fingerprint density at radius 3 is 2.29 bits per heavy atom. The number of quaternary nitrogens is 1. The number of methoxy groups -OCH3 is 2. The molecule has 0 aliphatic carbocycles. The lowest BCUT2D eigenvalue weighted by molar-refractivity contribution is -0.885. The molecule has 0 aliphatic rings. The van der Waals surface area contributed by atoms with Crippen LogP contribution >= 0.6 is 0 Å². The van der Waals surface area contributed by atoms with Crippen LogP contribution in [0.25, 0.3) is 10.8 Å². The molecule has 1 atom stereocenters. The van der Waals surface area contributed by atoms with Gasteiger partial charge in [0, 0.05) is 5.56 Å². The number of esters is 2. The topological polar surface area (TPSA) is 86.1 Å². The summed E-state index contributed by atoms with van der Waals surface area (Å²) in [6, 6.07) is 18.6. The number of hydrogen-bond donors (Lipinski definition) is 2. The second-order valence-electron chi connectivity index (χ2n) is 7.28. The number of likely N-dealkylation sites (N-methyl/N-ethyl adjacent to an activating group) is 1. The summed E-state index contributed by atoms with van der Waals surface area (Å²) in [4.78, 5) is 37.5. The number of amides is 1. The van der Waals surface area contributed by atoms with Gasteiger partial charge in [0.25, 0.3) is 5.91 Å². The van der Waals surface area contributed by atoms with Crippen molar-refractivity contribution in [3.05, 3.63) is 77.4 Å². The number of hydrogen-bond acceptors (Lipinski definition) is 5. The summed E-state index contributed by atoms with van der Waals surface area (Å²) in [6.07, 6.45) is 0. The van der Waals surface area contributed by atoms with Crippen LogP contribution in [-0.2, 0) is 20.8 Å². The second kappa shape index (κ2) is 9.86. The molecule has 2 N–H and O–H groups in total. The van der Waals surface area contributed by atoms with Crippen LogP contribution in [0.1, 0.15) is 26.3 Å². The second-order valence-corrected chi connectivity index (χ2v) is 7.28. The first-order chi connectivity index (χ1) is 14.9. The van der Waals surface area contributed by atoms with Crippen LogP contribution < -0.4 is 10.2 Å². The number of ether oxygens (including phenoxy) is 2. The molecule has 0 saturated carbocycles. The van der Waals surface area contributed by atoms with E-state index in [4.69, 9.17) is 9.47 Å². The van der Waals surface area contributed by atoms with Crippen LogP contribution in [0.3, 0.4) is 0 Å². The first-order valence-electron chi connectivity index (χ1n) is 9.80. The van der Waals surface area contributed by atoms with E-state index >= 15 is 0 Å². The third-order valence-electron chi connectivity index (χ3n) is 4.90. The summed E-state index contributed by atoms with van der Waals surface area (Å²) < 4.78 is 9.48. The number of nitrogens with one attached hydrogen (secondary N) is 2. The average Bonchev–Trinajstić information content (AvgIpc) is 2.77. The van der Waals surface area contributed by atoms with Crippen LogP contribution in [0.5, 0.6) is 0 Å². The number of fused-ring (bicyclic) bond motifs is 1. The fourth-order valence-corrected chi connectivity index (χ4v) is 3.41. The molecule has 31 heavy (non-hydrogen) atoms. The van der Waals surface area contributed by atoms with Crippen molar-refractivity contribution in [2.45, 2.75) is 6.54 Å². The predicted molar refractivity (Wildman–Crippen MR) is 117 cm³/mol. The molecule has 3 aromatic carbocycles. The van der Waals surface area contributed by atoms with E-state index in [-0.39, 0.29) is 29.3 Å². The van der Waals surface area contributed by atoms with Crippen molar-refractivity contribution in [1.82, 2.24) is 0 Å². The fraction of sp³-hybridized carbons (Fsp3) is 0.208. The van der Waals surface area contributed by atoms with Gasteiger partial charge in [0.15, 0.2) is 6.54 Å². The highest BCUT2D eigenvalue weighted by Gasteiger charge is 2.19. The molecule has 1 amide bonds. The van der Waals surface area contributed by atoms with Crippen molar-refractivity contribution < 1.29 is 28.8 Å². The van der Waals surface area contributed by atoms with Crippen molar-refractivity contribution in [3.63, 3.8) is 0 Å². The SMILES string of the molecule is COC(=O)c1ccc(C(=O)OC)c(NC(=O)C[NH+](C)Cc2ccc3ccccc3c2)c1. The van der Waals surface area contributed by atoms with E-state index in [0.29, 0.717) is 6.54 Å². The van der Waals surface area contributed by atoms with E-state index < -0.39 is 11.9 Å². The van der Waals surface area contributed by atoms with E-state index in [1.165, 1.54) is 37.8 Å². The molecule has 3 rings (SSSR count).